The Kier molecular flexibility index (Phi) is 7.09. The first kappa shape index (κ1) is 27.8. The van der Waals surface area contributed by atoms with E-state index >= 15 is 0 Å². The highest BCUT2D eigenvalue weighted by atomic mass is 16.6. The van der Waals surface area contributed by atoms with Gasteiger partial charge in [-0.2, -0.15) is 0 Å². The number of carbonyl (C=O) groups is 1. The van der Waals surface area contributed by atoms with Gasteiger partial charge in [-0.15, -0.1) is 0 Å². The van der Waals surface area contributed by atoms with Gasteiger partial charge in [-0.25, -0.2) is 4.79 Å². The lowest BCUT2D eigenvalue weighted by Gasteiger charge is -2.42. The van der Waals surface area contributed by atoms with Crippen LogP contribution in [-0.2, 0) is 23.4 Å². The molecule has 2 aliphatic rings. The average Bonchev–Trinajstić information content (AvgIpc) is 3.34. The molecule has 0 fully saturated rings. The van der Waals surface area contributed by atoms with Crippen LogP contribution in [0.5, 0.6) is 11.5 Å². The van der Waals surface area contributed by atoms with Gasteiger partial charge < -0.3 is 19.3 Å². The Bertz CT molecular complexity index is 1790. The molecule has 0 amide bonds. The Balaban J connectivity index is 1.55. The molecular formula is C39H36N2O3. The fraction of sp³-hybridized carbons (Fsp3) is 0.205. The van der Waals surface area contributed by atoms with Gasteiger partial charge in [0.15, 0.2) is 5.60 Å². The summed E-state index contributed by atoms with van der Waals surface area (Å²) in [6.07, 6.45) is 0. The lowest BCUT2D eigenvalue weighted by atomic mass is 9.76. The van der Waals surface area contributed by atoms with Crippen LogP contribution >= 0.6 is 0 Å². The third kappa shape index (κ3) is 4.43. The van der Waals surface area contributed by atoms with Crippen molar-refractivity contribution >= 4 is 17.3 Å². The van der Waals surface area contributed by atoms with Crippen molar-refractivity contribution in [3.8, 4) is 11.5 Å². The number of hydrogen-bond acceptors (Lipinski definition) is 5. The zero-order valence-electron chi connectivity index (χ0n) is 25.4. The van der Waals surface area contributed by atoms with Crippen molar-refractivity contribution < 1.29 is 14.3 Å². The summed E-state index contributed by atoms with van der Waals surface area (Å²) in [5.74, 6) is 1.10. The molecule has 0 bridgehead atoms. The molecule has 0 aliphatic carbocycles. The van der Waals surface area contributed by atoms with Crippen LogP contribution in [0.25, 0.3) is 0 Å². The van der Waals surface area contributed by atoms with E-state index < -0.39 is 5.60 Å². The maximum atomic E-state index is 13.7. The number of hydrogen-bond donors (Lipinski definition) is 0. The number of carbonyl (C=O) groups excluding carboxylic acids is 1. The molecule has 2 heterocycles. The largest absolute Gasteiger partial charge is 0.456 e. The summed E-state index contributed by atoms with van der Waals surface area (Å²) < 4.78 is 13.4. The van der Waals surface area contributed by atoms with Crippen molar-refractivity contribution in [2.24, 2.45) is 0 Å². The summed E-state index contributed by atoms with van der Waals surface area (Å²) in [5.41, 5.74) is 7.71. The van der Waals surface area contributed by atoms with E-state index in [2.05, 4.69) is 97.3 Å². The van der Waals surface area contributed by atoms with Gasteiger partial charge in [0.25, 0.3) is 0 Å². The molecule has 0 N–H and O–H groups in total. The summed E-state index contributed by atoms with van der Waals surface area (Å²) in [5, 5.41) is 0. The number of aryl methyl sites for hydroxylation is 1. The van der Waals surface area contributed by atoms with Crippen LogP contribution in [0.4, 0.5) is 11.4 Å². The van der Waals surface area contributed by atoms with E-state index in [-0.39, 0.29) is 5.97 Å². The first-order valence-electron chi connectivity index (χ1n) is 15.4. The predicted octanol–water partition coefficient (Wildman–Crippen LogP) is 8.62. The van der Waals surface area contributed by atoms with E-state index in [1.807, 2.05) is 48.5 Å². The Morgan fingerprint density at radius 2 is 1.20 bits per heavy atom. The normalized spacial score (nSPS) is 16.0. The van der Waals surface area contributed by atoms with Crippen LogP contribution in [-0.4, -0.2) is 19.1 Å². The summed E-state index contributed by atoms with van der Waals surface area (Å²) in [4.78, 5) is 18.5. The molecule has 5 nitrogen and oxygen atoms in total. The number of nitrogens with zero attached hydrogens (tertiary/aromatic N) is 2. The highest BCUT2D eigenvalue weighted by molar-refractivity contribution is 5.98. The number of rotatable bonds is 8. The molecule has 1 atom stereocenters. The summed E-state index contributed by atoms with van der Waals surface area (Å²) in [6, 6.07) is 39.1. The summed E-state index contributed by atoms with van der Waals surface area (Å²) >= 11 is 0. The Morgan fingerprint density at radius 3 is 1.84 bits per heavy atom. The number of ether oxygens (including phenoxy) is 2. The molecule has 5 aromatic carbocycles. The van der Waals surface area contributed by atoms with Crippen LogP contribution in [0.3, 0.4) is 0 Å². The lowest BCUT2D eigenvalue weighted by Crippen LogP contribution is -2.38. The smallest absolute Gasteiger partial charge is 0.340 e. The van der Waals surface area contributed by atoms with E-state index in [1.54, 1.807) is 0 Å². The number of benzene rings is 5. The Morgan fingerprint density at radius 1 is 0.636 bits per heavy atom. The molecule has 0 aromatic heterocycles. The number of anilines is 2. The van der Waals surface area contributed by atoms with Crippen LogP contribution in [0, 0.1) is 6.92 Å². The van der Waals surface area contributed by atoms with Crippen molar-refractivity contribution in [2.75, 3.05) is 22.9 Å². The van der Waals surface area contributed by atoms with Crippen LogP contribution in [0.2, 0.25) is 0 Å². The van der Waals surface area contributed by atoms with Crippen molar-refractivity contribution in [2.45, 2.75) is 39.5 Å². The van der Waals surface area contributed by atoms with Gasteiger partial charge in [-0.1, -0.05) is 97.1 Å². The van der Waals surface area contributed by atoms with Crippen LogP contribution in [0.15, 0.2) is 115 Å². The maximum Gasteiger partial charge on any atom is 0.340 e. The van der Waals surface area contributed by atoms with Gasteiger partial charge in [0.2, 0.25) is 0 Å². The molecule has 2 aliphatic heterocycles. The monoisotopic (exact) mass is 580 g/mol. The minimum absolute atomic E-state index is 0.318. The van der Waals surface area contributed by atoms with Crippen molar-refractivity contribution in [3.05, 3.63) is 154 Å². The fourth-order valence-corrected chi connectivity index (χ4v) is 6.95. The fourth-order valence-electron chi connectivity index (χ4n) is 6.95. The van der Waals surface area contributed by atoms with Gasteiger partial charge in [0.05, 0.1) is 22.5 Å². The van der Waals surface area contributed by atoms with Gasteiger partial charge in [0.1, 0.15) is 11.5 Å². The quantitative estimate of drug-likeness (QED) is 0.172. The second-order valence-electron chi connectivity index (χ2n) is 11.5. The molecule has 0 saturated carbocycles. The molecule has 0 radical (unpaired) electrons. The molecule has 5 aromatic rings. The molecule has 5 heteroatoms. The highest BCUT2D eigenvalue weighted by Gasteiger charge is 2.55. The molecule has 44 heavy (non-hydrogen) atoms. The highest BCUT2D eigenvalue weighted by Crippen LogP contribution is 2.60. The first-order chi connectivity index (χ1) is 21.5. The van der Waals surface area contributed by atoms with Crippen molar-refractivity contribution in [1.82, 2.24) is 0 Å². The zero-order valence-corrected chi connectivity index (χ0v) is 25.4. The second-order valence-corrected chi connectivity index (χ2v) is 11.5. The Labute approximate surface area is 259 Å². The zero-order chi connectivity index (χ0) is 30.3. The van der Waals surface area contributed by atoms with E-state index in [9.17, 15) is 4.79 Å². The molecule has 1 spiro atoms. The predicted molar refractivity (Wildman–Crippen MR) is 176 cm³/mol. The maximum absolute atomic E-state index is 13.7. The van der Waals surface area contributed by atoms with E-state index in [4.69, 9.17) is 9.47 Å². The Hall–Kier alpha value is -5.03. The van der Waals surface area contributed by atoms with E-state index in [0.717, 1.165) is 52.5 Å². The molecule has 0 saturated heterocycles. The second kappa shape index (κ2) is 11.2. The molecule has 7 rings (SSSR count). The van der Waals surface area contributed by atoms with Gasteiger partial charge >= 0.3 is 5.97 Å². The number of para-hydroxylation sites is 1. The lowest BCUT2D eigenvalue weighted by molar-refractivity contribution is 0.0226. The summed E-state index contributed by atoms with van der Waals surface area (Å²) in [6.45, 7) is 9.50. The summed E-state index contributed by atoms with van der Waals surface area (Å²) in [7, 11) is 0. The molecular weight excluding hydrogens is 544 g/mol. The third-order valence-corrected chi connectivity index (χ3v) is 8.87. The minimum Gasteiger partial charge on any atom is -0.456 e. The molecule has 1 unspecified atom stereocenters. The van der Waals surface area contributed by atoms with Crippen molar-refractivity contribution in [3.63, 3.8) is 0 Å². The number of fused-ring (bicyclic) bond motifs is 6. The average molecular weight is 581 g/mol. The van der Waals surface area contributed by atoms with Crippen LogP contribution in [0.1, 0.15) is 57.6 Å². The standard InChI is InChI=1S/C39H36N2O3/c1-4-40(5-2)37-35-34(43-33-23-15-14-22-32(33)39(35)31-21-13-12-20-30(31)38(42)44-39)24-27(3)36(37)41(25-28-16-8-6-9-17-28)26-29-18-10-7-11-19-29/h6-24H,4-5,25-26H2,1-3H3. The third-order valence-electron chi connectivity index (χ3n) is 8.87. The van der Waals surface area contributed by atoms with E-state index in [0.29, 0.717) is 24.4 Å². The SMILES string of the molecule is CCN(CC)c1c(N(Cc2ccccc2)Cc2ccccc2)c(C)cc2c1C1(OC(=O)c3ccccc31)c1ccccc1O2. The van der Waals surface area contributed by atoms with Crippen molar-refractivity contribution in [1.29, 1.82) is 0 Å². The minimum atomic E-state index is -1.15. The van der Waals surface area contributed by atoms with Crippen LogP contribution < -0.4 is 14.5 Å². The number of esters is 1. The van der Waals surface area contributed by atoms with Gasteiger partial charge in [-0.05, 0) is 55.7 Å². The molecule has 220 valence electrons. The topological polar surface area (TPSA) is 42.0 Å². The van der Waals surface area contributed by atoms with Gasteiger partial charge in [0, 0.05) is 37.3 Å². The van der Waals surface area contributed by atoms with E-state index in [1.165, 1.54) is 11.1 Å². The first-order valence-corrected chi connectivity index (χ1v) is 15.4. The van der Waals surface area contributed by atoms with Gasteiger partial charge in [-0.3, -0.25) is 0 Å².